The highest BCUT2D eigenvalue weighted by Gasteiger charge is 2.43. The van der Waals surface area contributed by atoms with E-state index in [9.17, 15) is 0 Å². The SMILES string of the molecule is CCOC(Cl)(OC)OC(Cl)(OC)OCC. The van der Waals surface area contributed by atoms with Crippen LogP contribution in [-0.2, 0) is 23.7 Å². The number of rotatable bonds is 8. The van der Waals surface area contributed by atoms with Gasteiger partial charge in [0.1, 0.15) is 0 Å². The summed E-state index contributed by atoms with van der Waals surface area (Å²) in [4.78, 5) is 0. The molecule has 0 N–H and O–H groups in total. The van der Waals surface area contributed by atoms with Crippen LogP contribution < -0.4 is 0 Å². The molecule has 2 unspecified atom stereocenters. The van der Waals surface area contributed by atoms with Gasteiger partial charge in [-0.2, -0.15) is 0 Å². The molecule has 0 saturated heterocycles. The summed E-state index contributed by atoms with van der Waals surface area (Å²) >= 11 is 11.6. The molecule has 92 valence electrons. The number of ether oxygens (including phenoxy) is 5. The van der Waals surface area contributed by atoms with Crippen molar-refractivity contribution in [1.29, 1.82) is 0 Å². The molecule has 0 aromatic heterocycles. The van der Waals surface area contributed by atoms with E-state index in [1.807, 2.05) is 0 Å². The van der Waals surface area contributed by atoms with E-state index in [-0.39, 0.29) is 13.2 Å². The first-order valence-electron chi connectivity index (χ1n) is 4.41. The Morgan fingerprint density at radius 2 is 1.20 bits per heavy atom. The Morgan fingerprint density at radius 1 is 0.867 bits per heavy atom. The molecule has 5 nitrogen and oxygen atoms in total. The molecule has 0 rings (SSSR count). The topological polar surface area (TPSA) is 46.2 Å². The fraction of sp³-hybridized carbons (Fsp3) is 1.00. The van der Waals surface area contributed by atoms with Crippen molar-refractivity contribution in [3.8, 4) is 0 Å². The first-order valence-corrected chi connectivity index (χ1v) is 5.17. The van der Waals surface area contributed by atoms with Crippen LogP contribution in [0.1, 0.15) is 13.8 Å². The van der Waals surface area contributed by atoms with Gasteiger partial charge in [-0.3, -0.25) is 0 Å². The minimum Gasteiger partial charge on any atom is -0.317 e. The molecule has 0 aliphatic heterocycles. The van der Waals surface area contributed by atoms with Crippen LogP contribution in [0, 0.1) is 0 Å². The van der Waals surface area contributed by atoms with Gasteiger partial charge in [-0.1, -0.05) is 0 Å². The minimum atomic E-state index is -1.83. The van der Waals surface area contributed by atoms with Crippen LogP contribution in [-0.4, -0.2) is 38.3 Å². The van der Waals surface area contributed by atoms with Gasteiger partial charge in [0.05, 0.1) is 13.2 Å². The van der Waals surface area contributed by atoms with Crippen LogP contribution in [0.5, 0.6) is 0 Å². The molecular formula is C8H16Cl2O5. The van der Waals surface area contributed by atoms with E-state index in [1.165, 1.54) is 14.2 Å². The second-order valence-electron chi connectivity index (χ2n) is 2.34. The molecule has 0 amide bonds. The van der Waals surface area contributed by atoms with Crippen LogP contribution in [0.2, 0.25) is 0 Å². The summed E-state index contributed by atoms with van der Waals surface area (Å²) in [6, 6.07) is 0. The van der Waals surface area contributed by atoms with Crippen molar-refractivity contribution < 1.29 is 23.7 Å². The van der Waals surface area contributed by atoms with Crippen LogP contribution in [0.25, 0.3) is 0 Å². The lowest BCUT2D eigenvalue weighted by Gasteiger charge is -2.32. The summed E-state index contributed by atoms with van der Waals surface area (Å²) < 4.78 is 24.6. The van der Waals surface area contributed by atoms with E-state index < -0.39 is 10.9 Å². The van der Waals surface area contributed by atoms with Crippen molar-refractivity contribution in [3.05, 3.63) is 0 Å². The standard InChI is InChI=1S/C8H16Cl2O5/c1-5-13-7(9,11-3)15-8(10,12-4)14-6-2/h5-6H2,1-4H3. The molecule has 0 aliphatic carbocycles. The maximum atomic E-state index is 5.81. The third-order valence-corrected chi connectivity index (χ3v) is 2.05. The number of methoxy groups -OCH3 is 2. The van der Waals surface area contributed by atoms with E-state index in [0.717, 1.165) is 0 Å². The number of hydrogen-bond acceptors (Lipinski definition) is 5. The maximum Gasteiger partial charge on any atom is 0.375 e. The van der Waals surface area contributed by atoms with Crippen LogP contribution >= 0.6 is 23.2 Å². The Hall–Kier alpha value is 0.380. The molecule has 2 atom stereocenters. The quantitative estimate of drug-likeness (QED) is 0.495. The maximum absolute atomic E-state index is 5.81. The third kappa shape index (κ3) is 5.31. The molecule has 0 bridgehead atoms. The first kappa shape index (κ1) is 15.4. The van der Waals surface area contributed by atoms with Crippen molar-refractivity contribution in [1.82, 2.24) is 0 Å². The van der Waals surface area contributed by atoms with Gasteiger partial charge in [0, 0.05) is 14.2 Å². The predicted molar refractivity (Wildman–Crippen MR) is 55.5 cm³/mol. The molecule has 0 heterocycles. The predicted octanol–water partition coefficient (Wildman–Crippen LogP) is 2.07. The monoisotopic (exact) mass is 262 g/mol. The Morgan fingerprint density at radius 3 is 1.40 bits per heavy atom. The molecule has 0 aromatic rings. The van der Waals surface area contributed by atoms with E-state index >= 15 is 0 Å². The van der Waals surface area contributed by atoms with E-state index in [2.05, 4.69) is 0 Å². The zero-order valence-corrected chi connectivity index (χ0v) is 10.7. The summed E-state index contributed by atoms with van der Waals surface area (Å²) in [5, 5.41) is 0. The first-order chi connectivity index (χ1) is 6.95. The summed E-state index contributed by atoms with van der Waals surface area (Å²) in [7, 11) is 2.61. The minimum absolute atomic E-state index is 0.278. The molecule has 7 heteroatoms. The second-order valence-corrected chi connectivity index (χ2v) is 3.27. The lowest BCUT2D eigenvalue weighted by Crippen LogP contribution is -2.44. The van der Waals surface area contributed by atoms with Crippen LogP contribution in [0.3, 0.4) is 0 Å². The molecule has 0 aromatic carbocycles. The van der Waals surface area contributed by atoms with Gasteiger partial charge in [-0.15, -0.1) is 0 Å². The second kappa shape index (κ2) is 6.85. The average molecular weight is 263 g/mol. The number of hydrogen-bond donors (Lipinski definition) is 0. The van der Waals surface area contributed by atoms with Gasteiger partial charge >= 0.3 is 10.9 Å². The molecule has 15 heavy (non-hydrogen) atoms. The summed E-state index contributed by atoms with van der Waals surface area (Å²) in [6.07, 6.45) is 0. The molecular weight excluding hydrogens is 247 g/mol. The van der Waals surface area contributed by atoms with E-state index in [0.29, 0.717) is 0 Å². The molecule has 0 saturated carbocycles. The smallest absolute Gasteiger partial charge is 0.317 e. The highest BCUT2D eigenvalue weighted by molar-refractivity contribution is 6.23. The lowest BCUT2D eigenvalue weighted by atomic mass is 10.8. The molecule has 0 fully saturated rings. The van der Waals surface area contributed by atoms with Gasteiger partial charge in [0.15, 0.2) is 0 Å². The van der Waals surface area contributed by atoms with Gasteiger partial charge < -0.3 is 18.9 Å². The van der Waals surface area contributed by atoms with Crippen molar-refractivity contribution in [2.75, 3.05) is 27.4 Å². The Kier molecular flexibility index (Phi) is 7.03. The highest BCUT2D eigenvalue weighted by Crippen LogP contribution is 2.31. The zero-order valence-electron chi connectivity index (χ0n) is 9.21. The fourth-order valence-corrected chi connectivity index (χ4v) is 1.21. The summed E-state index contributed by atoms with van der Waals surface area (Å²) in [6.45, 7) is 4.01. The molecule has 0 radical (unpaired) electrons. The van der Waals surface area contributed by atoms with E-state index in [4.69, 9.17) is 46.9 Å². The van der Waals surface area contributed by atoms with Gasteiger partial charge in [-0.25, -0.2) is 4.74 Å². The lowest BCUT2D eigenvalue weighted by molar-refractivity contribution is -0.431. The third-order valence-electron chi connectivity index (χ3n) is 1.36. The fourth-order valence-electron chi connectivity index (χ4n) is 0.751. The largest absolute Gasteiger partial charge is 0.375 e. The number of halogens is 2. The summed E-state index contributed by atoms with van der Waals surface area (Å²) in [5.41, 5.74) is -3.66. The average Bonchev–Trinajstić information content (AvgIpc) is 2.18. The molecule has 0 aliphatic rings. The van der Waals surface area contributed by atoms with E-state index in [1.54, 1.807) is 13.8 Å². The Labute approximate surface area is 99.5 Å². The van der Waals surface area contributed by atoms with Crippen molar-refractivity contribution in [2.45, 2.75) is 24.7 Å². The van der Waals surface area contributed by atoms with Crippen molar-refractivity contribution >= 4 is 23.2 Å². The van der Waals surface area contributed by atoms with Crippen molar-refractivity contribution in [3.63, 3.8) is 0 Å². The van der Waals surface area contributed by atoms with Gasteiger partial charge in [0.25, 0.3) is 0 Å². The molecule has 0 spiro atoms. The highest BCUT2D eigenvalue weighted by atomic mass is 35.5. The van der Waals surface area contributed by atoms with Crippen LogP contribution in [0.4, 0.5) is 0 Å². The van der Waals surface area contributed by atoms with Gasteiger partial charge in [-0.05, 0) is 37.0 Å². The van der Waals surface area contributed by atoms with Crippen molar-refractivity contribution in [2.24, 2.45) is 0 Å². The Balaban J connectivity index is 4.47. The Bertz CT molecular complexity index is 164. The normalized spacial score (nSPS) is 19.6. The summed E-state index contributed by atoms with van der Waals surface area (Å²) in [5.74, 6) is 0. The van der Waals surface area contributed by atoms with Gasteiger partial charge in [0.2, 0.25) is 0 Å². The van der Waals surface area contributed by atoms with Crippen LogP contribution in [0.15, 0.2) is 0 Å². The zero-order chi connectivity index (χ0) is 11.9. The number of alkyl halides is 2.